The van der Waals surface area contributed by atoms with Gasteiger partial charge in [0.25, 0.3) is 0 Å². The van der Waals surface area contributed by atoms with Crippen molar-refractivity contribution in [3.63, 3.8) is 0 Å². The van der Waals surface area contributed by atoms with E-state index in [1.54, 1.807) is 18.3 Å². The van der Waals surface area contributed by atoms with Crippen LogP contribution < -0.4 is 10.6 Å². The summed E-state index contributed by atoms with van der Waals surface area (Å²) >= 11 is 0. The number of allylic oxidation sites excluding steroid dienone is 1. The third-order valence-electron chi connectivity index (χ3n) is 5.57. The van der Waals surface area contributed by atoms with Gasteiger partial charge in [-0.2, -0.15) is 0 Å². The van der Waals surface area contributed by atoms with E-state index in [0.29, 0.717) is 17.2 Å². The molecule has 5 nitrogen and oxygen atoms in total. The molecule has 0 radical (unpaired) electrons. The topological polar surface area (TPSA) is 72.1 Å². The smallest absolute Gasteiger partial charge is 0.215 e. The lowest BCUT2D eigenvalue weighted by atomic mass is 9.90. The quantitative estimate of drug-likeness (QED) is 0.630. The first kappa shape index (κ1) is 19.8. The number of nitrogens with zero attached hydrogens (tertiary/aromatic N) is 3. The molecule has 1 fully saturated rings. The number of nitrogens with two attached hydrogens (primary N) is 1. The van der Waals surface area contributed by atoms with Crippen LogP contribution in [0.3, 0.4) is 0 Å². The van der Waals surface area contributed by atoms with Gasteiger partial charge in [0.15, 0.2) is 0 Å². The fourth-order valence-corrected chi connectivity index (χ4v) is 4.05. The number of rotatable bonds is 5. The maximum Gasteiger partial charge on any atom is 0.215 e. The fraction of sp³-hybridized carbons (Fsp3) is 0.240. The molecule has 3 aromatic rings. The Labute approximate surface area is 177 Å². The minimum Gasteiger partial charge on any atom is -0.383 e. The molecular formula is C25H26N4O. The number of hydrogen-bond acceptors (Lipinski definition) is 5. The molecule has 1 aliphatic rings. The zero-order chi connectivity index (χ0) is 20.9. The highest BCUT2D eigenvalue weighted by molar-refractivity contribution is 6.12. The molecule has 0 saturated carbocycles. The van der Waals surface area contributed by atoms with Crippen LogP contribution in [0, 0.1) is 0 Å². The summed E-state index contributed by atoms with van der Waals surface area (Å²) in [6.45, 7) is 3.75. The number of carbonyl (C=O) groups excluding carboxylic acids is 1. The molecular weight excluding hydrogens is 372 g/mol. The molecule has 2 aromatic heterocycles. The van der Waals surface area contributed by atoms with Crippen molar-refractivity contribution in [3.8, 4) is 0 Å². The Hall–Kier alpha value is -3.47. The van der Waals surface area contributed by atoms with Crippen LogP contribution in [0.15, 0.2) is 66.9 Å². The second-order valence-electron chi connectivity index (χ2n) is 7.57. The molecule has 1 saturated heterocycles. The van der Waals surface area contributed by atoms with Crippen LogP contribution in [-0.4, -0.2) is 28.8 Å². The standard InChI is InChI=1S/C25H26N4O/c1-2-8-19-13-14-22(28-23(19)24(30)21-12-6-15-27-25(21)26)29-16-7-11-20(17-29)18-9-4-3-5-10-18/h2-6,8-10,12-15,20H,7,11,16-17H2,1H3,(H2,26,27)/b8-2+. The maximum atomic E-state index is 13.2. The van der Waals surface area contributed by atoms with Crippen LogP contribution >= 0.6 is 0 Å². The van der Waals surface area contributed by atoms with Gasteiger partial charge in [-0.3, -0.25) is 4.79 Å². The predicted octanol–water partition coefficient (Wildman–Crippen LogP) is 4.71. The van der Waals surface area contributed by atoms with Gasteiger partial charge in [-0.15, -0.1) is 0 Å². The lowest BCUT2D eigenvalue weighted by molar-refractivity contribution is 0.103. The number of pyridine rings is 2. The van der Waals surface area contributed by atoms with Gasteiger partial charge in [0.2, 0.25) is 5.78 Å². The van der Waals surface area contributed by atoms with E-state index in [1.807, 2.05) is 37.3 Å². The molecule has 4 rings (SSSR count). The lowest BCUT2D eigenvalue weighted by Gasteiger charge is -2.34. The van der Waals surface area contributed by atoms with Crippen molar-refractivity contribution >= 4 is 23.5 Å². The molecule has 152 valence electrons. The molecule has 1 atom stereocenters. The van der Waals surface area contributed by atoms with Crippen molar-refractivity contribution in [1.82, 2.24) is 9.97 Å². The van der Waals surface area contributed by atoms with E-state index in [9.17, 15) is 4.79 Å². The van der Waals surface area contributed by atoms with E-state index in [2.05, 4.69) is 34.1 Å². The lowest BCUT2D eigenvalue weighted by Crippen LogP contribution is -2.35. The average molecular weight is 399 g/mol. The SMILES string of the molecule is C/C=C/c1ccc(N2CCCC(c3ccccc3)C2)nc1C(=O)c1cccnc1N. The monoisotopic (exact) mass is 398 g/mol. The van der Waals surface area contributed by atoms with Crippen LogP contribution in [0.5, 0.6) is 0 Å². The highest BCUT2D eigenvalue weighted by Gasteiger charge is 2.24. The average Bonchev–Trinajstić information content (AvgIpc) is 2.80. The van der Waals surface area contributed by atoms with Gasteiger partial charge in [-0.25, -0.2) is 9.97 Å². The van der Waals surface area contributed by atoms with E-state index in [-0.39, 0.29) is 11.6 Å². The Morgan fingerprint density at radius 3 is 2.73 bits per heavy atom. The first-order chi connectivity index (χ1) is 14.7. The van der Waals surface area contributed by atoms with Gasteiger partial charge in [0, 0.05) is 30.8 Å². The molecule has 2 N–H and O–H groups in total. The third kappa shape index (κ3) is 4.10. The summed E-state index contributed by atoms with van der Waals surface area (Å²) in [6, 6.07) is 18.0. The van der Waals surface area contributed by atoms with Gasteiger partial charge in [0.1, 0.15) is 17.3 Å². The van der Waals surface area contributed by atoms with Gasteiger partial charge in [-0.05, 0) is 49.6 Å². The molecule has 1 unspecified atom stereocenters. The van der Waals surface area contributed by atoms with E-state index in [4.69, 9.17) is 10.7 Å². The maximum absolute atomic E-state index is 13.2. The first-order valence-electron chi connectivity index (χ1n) is 10.4. The summed E-state index contributed by atoms with van der Waals surface area (Å²) in [5.41, 5.74) is 8.89. The van der Waals surface area contributed by atoms with Gasteiger partial charge < -0.3 is 10.6 Å². The number of ketones is 1. The van der Waals surface area contributed by atoms with Crippen molar-refractivity contribution in [1.29, 1.82) is 0 Å². The van der Waals surface area contributed by atoms with Crippen molar-refractivity contribution in [3.05, 3.63) is 89.3 Å². The number of aromatic nitrogens is 2. The van der Waals surface area contributed by atoms with Crippen LogP contribution in [0.4, 0.5) is 11.6 Å². The van der Waals surface area contributed by atoms with E-state index < -0.39 is 0 Å². The number of anilines is 2. The first-order valence-corrected chi connectivity index (χ1v) is 10.4. The summed E-state index contributed by atoms with van der Waals surface area (Å²) in [5, 5.41) is 0. The van der Waals surface area contributed by atoms with E-state index >= 15 is 0 Å². The number of hydrogen-bond donors (Lipinski definition) is 1. The normalized spacial score (nSPS) is 16.7. The molecule has 0 bridgehead atoms. The Balaban J connectivity index is 1.67. The Kier molecular flexibility index (Phi) is 5.89. The number of nitrogen functional groups attached to an aromatic ring is 1. The Morgan fingerprint density at radius 2 is 1.97 bits per heavy atom. The van der Waals surface area contributed by atoms with Crippen molar-refractivity contribution in [2.75, 3.05) is 23.7 Å². The number of carbonyl (C=O) groups is 1. The molecule has 0 amide bonds. The summed E-state index contributed by atoms with van der Waals surface area (Å²) in [5.74, 6) is 1.31. The highest BCUT2D eigenvalue weighted by atomic mass is 16.1. The van der Waals surface area contributed by atoms with Crippen LogP contribution in [0.2, 0.25) is 0 Å². The zero-order valence-electron chi connectivity index (χ0n) is 17.2. The predicted molar refractivity (Wildman–Crippen MR) is 122 cm³/mol. The molecule has 1 aliphatic heterocycles. The summed E-state index contributed by atoms with van der Waals surface area (Å²) in [6.07, 6.45) is 7.65. The van der Waals surface area contributed by atoms with Gasteiger partial charge in [-0.1, -0.05) is 42.5 Å². The summed E-state index contributed by atoms with van der Waals surface area (Å²) < 4.78 is 0. The minimum atomic E-state index is -0.202. The van der Waals surface area contributed by atoms with Gasteiger partial charge >= 0.3 is 0 Å². The van der Waals surface area contributed by atoms with Crippen molar-refractivity contribution < 1.29 is 4.79 Å². The fourth-order valence-electron chi connectivity index (χ4n) is 4.05. The van der Waals surface area contributed by atoms with Crippen molar-refractivity contribution in [2.24, 2.45) is 0 Å². The molecule has 5 heteroatoms. The molecule has 0 spiro atoms. The summed E-state index contributed by atoms with van der Waals surface area (Å²) in [4.78, 5) is 24.4. The highest BCUT2D eigenvalue weighted by Crippen LogP contribution is 2.30. The largest absolute Gasteiger partial charge is 0.383 e. The second-order valence-corrected chi connectivity index (χ2v) is 7.57. The van der Waals surface area contributed by atoms with E-state index in [0.717, 1.165) is 37.3 Å². The molecule has 1 aromatic carbocycles. The summed E-state index contributed by atoms with van der Waals surface area (Å²) in [7, 11) is 0. The minimum absolute atomic E-state index is 0.202. The van der Waals surface area contributed by atoms with Gasteiger partial charge in [0.05, 0.1) is 5.56 Å². The molecule has 3 heterocycles. The van der Waals surface area contributed by atoms with Crippen LogP contribution in [0.1, 0.15) is 52.9 Å². The molecule has 30 heavy (non-hydrogen) atoms. The Morgan fingerprint density at radius 1 is 1.13 bits per heavy atom. The van der Waals surface area contributed by atoms with Crippen LogP contribution in [-0.2, 0) is 0 Å². The number of piperidine rings is 1. The van der Waals surface area contributed by atoms with E-state index in [1.165, 1.54) is 5.56 Å². The van der Waals surface area contributed by atoms with Crippen molar-refractivity contribution in [2.45, 2.75) is 25.7 Å². The second kappa shape index (κ2) is 8.91. The van der Waals surface area contributed by atoms with Crippen LogP contribution in [0.25, 0.3) is 6.08 Å². The number of benzene rings is 1. The third-order valence-corrected chi connectivity index (χ3v) is 5.57. The molecule has 0 aliphatic carbocycles. The Bertz CT molecular complexity index is 1060. The zero-order valence-corrected chi connectivity index (χ0v) is 17.2.